The number of aryl methyl sites for hydroxylation is 1. The summed E-state index contributed by atoms with van der Waals surface area (Å²) in [5.41, 5.74) is 2.66. The van der Waals surface area contributed by atoms with E-state index in [1.807, 2.05) is 13.0 Å². The Bertz CT molecular complexity index is 861. The number of nitrogens with zero attached hydrogens (tertiary/aromatic N) is 1. The van der Waals surface area contributed by atoms with Gasteiger partial charge in [-0.1, -0.05) is 49.1 Å². The number of anilines is 1. The van der Waals surface area contributed by atoms with Crippen molar-refractivity contribution in [3.63, 3.8) is 0 Å². The maximum Gasteiger partial charge on any atom is 0.235 e. The third-order valence-electron chi connectivity index (χ3n) is 5.38. The molecule has 1 amide bonds. The Morgan fingerprint density at radius 1 is 1.19 bits per heavy atom. The number of amides is 1. The van der Waals surface area contributed by atoms with Gasteiger partial charge in [-0.05, 0) is 50.5 Å². The first-order chi connectivity index (χ1) is 13.1. The van der Waals surface area contributed by atoms with Crippen LogP contribution in [0.25, 0.3) is 0 Å². The minimum atomic E-state index is -0.532. The lowest BCUT2D eigenvalue weighted by molar-refractivity contribution is -0.122. The maximum atomic E-state index is 13.4. The average Bonchev–Trinajstić information content (AvgIpc) is 2.69. The van der Waals surface area contributed by atoms with Gasteiger partial charge >= 0.3 is 0 Å². The summed E-state index contributed by atoms with van der Waals surface area (Å²) in [6, 6.07) is 15.6. The summed E-state index contributed by atoms with van der Waals surface area (Å²) in [5.74, 6) is 0.617. The van der Waals surface area contributed by atoms with Crippen molar-refractivity contribution < 1.29 is 9.53 Å². The van der Waals surface area contributed by atoms with Crippen LogP contribution in [0.2, 0.25) is 0 Å². The van der Waals surface area contributed by atoms with Gasteiger partial charge < -0.3 is 10.1 Å². The largest absolute Gasteiger partial charge is 0.494 e. The Morgan fingerprint density at radius 3 is 2.63 bits per heavy atom. The van der Waals surface area contributed by atoms with Crippen LogP contribution in [0, 0.1) is 18.3 Å². The van der Waals surface area contributed by atoms with Crippen molar-refractivity contribution in [2.45, 2.75) is 51.4 Å². The molecule has 27 heavy (non-hydrogen) atoms. The fourth-order valence-electron chi connectivity index (χ4n) is 3.97. The summed E-state index contributed by atoms with van der Waals surface area (Å²) >= 11 is 0. The molecule has 0 bridgehead atoms. The molecule has 4 nitrogen and oxygen atoms in total. The molecule has 4 heteroatoms. The van der Waals surface area contributed by atoms with Crippen LogP contribution in [-0.4, -0.2) is 12.5 Å². The van der Waals surface area contributed by atoms with Gasteiger partial charge in [-0.15, -0.1) is 0 Å². The molecule has 0 atom stereocenters. The molecule has 0 unspecified atom stereocenters. The first-order valence-corrected chi connectivity index (χ1v) is 9.64. The van der Waals surface area contributed by atoms with Crippen molar-refractivity contribution >= 4 is 11.6 Å². The average molecular weight is 362 g/mol. The number of ether oxygens (including phenoxy) is 1. The molecule has 1 N–H and O–H groups in total. The van der Waals surface area contributed by atoms with E-state index in [0.717, 1.165) is 43.2 Å². The summed E-state index contributed by atoms with van der Waals surface area (Å²) in [6.45, 7) is 4.49. The van der Waals surface area contributed by atoms with Crippen molar-refractivity contribution in [3.05, 3.63) is 59.2 Å². The van der Waals surface area contributed by atoms with Crippen LogP contribution in [0.5, 0.6) is 5.75 Å². The van der Waals surface area contributed by atoms with E-state index in [-0.39, 0.29) is 5.91 Å². The molecule has 0 aliphatic heterocycles. The number of benzene rings is 2. The molecular formula is C23H26N2O2. The van der Waals surface area contributed by atoms with Gasteiger partial charge in [0.25, 0.3) is 0 Å². The molecule has 0 saturated heterocycles. The Balaban J connectivity index is 1.93. The Morgan fingerprint density at radius 2 is 1.96 bits per heavy atom. The number of rotatable bonds is 5. The molecule has 140 valence electrons. The van der Waals surface area contributed by atoms with Gasteiger partial charge in [0, 0.05) is 0 Å². The normalized spacial score (nSPS) is 15.6. The SMILES string of the molecule is CCOc1ccc(NC(=O)C2(c3cccc(C)c3)CCCCC2)c(C#N)c1. The number of hydrogen-bond donors (Lipinski definition) is 1. The molecule has 0 heterocycles. The fourth-order valence-corrected chi connectivity index (χ4v) is 3.97. The van der Waals surface area contributed by atoms with Crippen LogP contribution < -0.4 is 10.1 Å². The second-order valence-corrected chi connectivity index (χ2v) is 7.22. The molecule has 3 rings (SSSR count). The van der Waals surface area contributed by atoms with Crippen molar-refractivity contribution in [1.82, 2.24) is 0 Å². The van der Waals surface area contributed by atoms with E-state index in [1.54, 1.807) is 18.2 Å². The highest BCUT2D eigenvalue weighted by molar-refractivity contribution is 6.00. The summed E-state index contributed by atoms with van der Waals surface area (Å²) in [7, 11) is 0. The van der Waals surface area contributed by atoms with Crippen molar-refractivity contribution in [2.75, 3.05) is 11.9 Å². The molecule has 0 spiro atoms. The molecule has 1 fully saturated rings. The zero-order valence-electron chi connectivity index (χ0n) is 16.0. The highest BCUT2D eigenvalue weighted by Crippen LogP contribution is 2.41. The number of nitrogens with one attached hydrogen (secondary N) is 1. The summed E-state index contributed by atoms with van der Waals surface area (Å²) in [4.78, 5) is 13.4. The fraction of sp³-hybridized carbons (Fsp3) is 0.391. The number of hydrogen-bond acceptors (Lipinski definition) is 3. The third-order valence-corrected chi connectivity index (χ3v) is 5.38. The molecule has 1 saturated carbocycles. The lowest BCUT2D eigenvalue weighted by Gasteiger charge is -2.36. The Kier molecular flexibility index (Phi) is 5.81. The van der Waals surface area contributed by atoms with Gasteiger partial charge in [-0.2, -0.15) is 5.26 Å². The molecule has 0 radical (unpaired) electrons. The van der Waals surface area contributed by atoms with E-state index in [0.29, 0.717) is 23.6 Å². The minimum Gasteiger partial charge on any atom is -0.494 e. The molecule has 1 aliphatic rings. The predicted molar refractivity (Wildman–Crippen MR) is 107 cm³/mol. The van der Waals surface area contributed by atoms with Gasteiger partial charge in [0.2, 0.25) is 5.91 Å². The Hall–Kier alpha value is -2.80. The van der Waals surface area contributed by atoms with Gasteiger partial charge in [0.1, 0.15) is 11.8 Å². The van der Waals surface area contributed by atoms with Crippen LogP contribution in [-0.2, 0) is 10.2 Å². The van der Waals surface area contributed by atoms with E-state index < -0.39 is 5.41 Å². The predicted octanol–water partition coefficient (Wildman–Crippen LogP) is 5.11. The highest BCUT2D eigenvalue weighted by Gasteiger charge is 2.41. The van der Waals surface area contributed by atoms with Gasteiger partial charge in [0.15, 0.2) is 0 Å². The van der Waals surface area contributed by atoms with Crippen LogP contribution in [0.4, 0.5) is 5.69 Å². The second-order valence-electron chi connectivity index (χ2n) is 7.22. The van der Waals surface area contributed by atoms with E-state index in [2.05, 4.69) is 36.5 Å². The second kappa shape index (κ2) is 8.26. The minimum absolute atomic E-state index is 0.0199. The van der Waals surface area contributed by atoms with Crippen LogP contribution in [0.15, 0.2) is 42.5 Å². The molecule has 1 aliphatic carbocycles. The van der Waals surface area contributed by atoms with Crippen LogP contribution >= 0.6 is 0 Å². The zero-order chi connectivity index (χ0) is 19.3. The number of nitriles is 1. The van der Waals surface area contributed by atoms with Gasteiger partial charge in [-0.3, -0.25) is 4.79 Å². The van der Waals surface area contributed by atoms with E-state index in [9.17, 15) is 10.1 Å². The van der Waals surface area contributed by atoms with E-state index in [4.69, 9.17) is 4.74 Å². The Labute approximate surface area is 161 Å². The third kappa shape index (κ3) is 3.98. The maximum absolute atomic E-state index is 13.4. The number of carbonyl (C=O) groups excluding carboxylic acids is 1. The lowest BCUT2D eigenvalue weighted by atomic mass is 9.68. The van der Waals surface area contributed by atoms with Crippen molar-refractivity contribution in [3.8, 4) is 11.8 Å². The van der Waals surface area contributed by atoms with Crippen molar-refractivity contribution in [2.24, 2.45) is 0 Å². The smallest absolute Gasteiger partial charge is 0.235 e. The topological polar surface area (TPSA) is 62.1 Å². The van der Waals surface area contributed by atoms with Crippen LogP contribution in [0.1, 0.15) is 55.7 Å². The van der Waals surface area contributed by atoms with E-state index in [1.165, 1.54) is 0 Å². The summed E-state index contributed by atoms with van der Waals surface area (Å²) < 4.78 is 5.46. The molecule has 0 aromatic heterocycles. The summed E-state index contributed by atoms with van der Waals surface area (Å²) in [6.07, 6.45) is 4.90. The number of carbonyl (C=O) groups is 1. The standard InChI is InChI=1S/C23H26N2O2/c1-3-27-20-10-11-21(18(15-20)16-24)25-22(26)23(12-5-4-6-13-23)19-9-7-8-17(2)14-19/h7-11,14-15H,3-6,12-13H2,1-2H3,(H,25,26). The van der Waals surface area contributed by atoms with Crippen molar-refractivity contribution in [1.29, 1.82) is 5.26 Å². The highest BCUT2D eigenvalue weighted by atomic mass is 16.5. The zero-order valence-corrected chi connectivity index (χ0v) is 16.0. The summed E-state index contributed by atoms with van der Waals surface area (Å²) in [5, 5.41) is 12.5. The first-order valence-electron chi connectivity index (χ1n) is 9.64. The van der Waals surface area contributed by atoms with Gasteiger partial charge in [-0.25, -0.2) is 0 Å². The molecule has 2 aromatic carbocycles. The molecule has 2 aromatic rings. The van der Waals surface area contributed by atoms with E-state index >= 15 is 0 Å². The van der Waals surface area contributed by atoms with Gasteiger partial charge in [0.05, 0.1) is 23.3 Å². The monoisotopic (exact) mass is 362 g/mol. The quantitative estimate of drug-likeness (QED) is 0.804. The first kappa shape index (κ1) is 19.0. The van der Waals surface area contributed by atoms with Crippen LogP contribution in [0.3, 0.4) is 0 Å². The lowest BCUT2D eigenvalue weighted by Crippen LogP contribution is -2.42. The molecular weight excluding hydrogens is 336 g/mol.